The zero-order valence-corrected chi connectivity index (χ0v) is 8.83. The van der Waals surface area contributed by atoms with E-state index in [9.17, 15) is 0 Å². The lowest BCUT2D eigenvalue weighted by Crippen LogP contribution is -2.03. The first kappa shape index (κ1) is 11.3. The molecule has 1 heterocycles. The largest absolute Gasteiger partial charge is 0.358 e. The van der Waals surface area contributed by atoms with E-state index in [1.165, 1.54) is 22.2 Å². The summed E-state index contributed by atoms with van der Waals surface area (Å²) in [5.74, 6) is 0. The molecular weight excluding hydrogens is 186 g/mol. The topological polar surface area (TPSA) is 65.6 Å². The van der Waals surface area contributed by atoms with Crippen LogP contribution in [-0.4, -0.2) is 11.5 Å². The second-order valence-electron chi connectivity index (χ2n) is 3.31. The van der Waals surface area contributed by atoms with Gasteiger partial charge < -0.3 is 10.7 Å². The van der Waals surface area contributed by atoms with Crippen molar-refractivity contribution in [1.82, 2.24) is 4.98 Å². The Morgan fingerprint density at radius 1 is 1.33 bits per heavy atom. The predicted octanol–water partition coefficient (Wildman–Crippen LogP) is 2.12. The van der Waals surface area contributed by atoms with Crippen molar-refractivity contribution in [3.8, 4) is 6.57 Å². The molecule has 0 saturated heterocycles. The van der Waals surface area contributed by atoms with Gasteiger partial charge in [0.15, 0.2) is 0 Å². The Morgan fingerprint density at radius 2 is 2.00 bits per heavy atom. The van der Waals surface area contributed by atoms with Crippen LogP contribution in [0, 0.1) is 18.8 Å². The van der Waals surface area contributed by atoms with Crippen LogP contribution in [0.25, 0.3) is 10.9 Å². The summed E-state index contributed by atoms with van der Waals surface area (Å²) in [6.07, 6.45) is 0.954. The van der Waals surface area contributed by atoms with E-state index in [0.717, 1.165) is 6.42 Å². The lowest BCUT2D eigenvalue weighted by Gasteiger charge is -1.96. The number of nitrogens with two attached hydrogens (primary N) is 1. The number of rotatable bonds is 2. The van der Waals surface area contributed by atoms with Crippen LogP contribution in [0.15, 0.2) is 24.3 Å². The summed E-state index contributed by atoms with van der Waals surface area (Å²) in [5, 5.41) is 7.81. The Bertz CT molecular complexity index is 454. The third kappa shape index (κ3) is 2.17. The van der Waals surface area contributed by atoms with Gasteiger partial charge in [-0.05, 0) is 31.5 Å². The molecule has 15 heavy (non-hydrogen) atoms. The highest BCUT2D eigenvalue weighted by atomic mass is 14.7. The number of aromatic nitrogens is 1. The van der Waals surface area contributed by atoms with Gasteiger partial charge in [-0.1, -0.05) is 18.2 Å². The number of nitrogens with zero attached hydrogens (tertiary/aromatic N) is 1. The highest BCUT2D eigenvalue weighted by Gasteiger charge is 2.05. The maximum atomic E-state index is 6.50. The number of fused-ring (bicyclic) bond motifs is 1. The predicted molar refractivity (Wildman–Crippen MR) is 62.5 cm³/mol. The zero-order valence-electron chi connectivity index (χ0n) is 8.83. The molecule has 0 spiro atoms. The van der Waals surface area contributed by atoms with Crippen LogP contribution in [0.4, 0.5) is 0 Å². The van der Waals surface area contributed by atoms with E-state index in [1.807, 2.05) is 6.07 Å². The minimum Gasteiger partial charge on any atom is -0.358 e. The van der Waals surface area contributed by atoms with Crippen molar-refractivity contribution in [2.45, 2.75) is 13.3 Å². The number of para-hydroxylation sites is 1. The summed E-state index contributed by atoms with van der Waals surface area (Å²) in [6, 6.07) is 8.35. The monoisotopic (exact) mass is 201 g/mol. The van der Waals surface area contributed by atoms with Crippen molar-refractivity contribution in [3.63, 3.8) is 0 Å². The first-order valence-corrected chi connectivity index (χ1v) is 4.85. The Labute approximate surface area is 89.5 Å². The van der Waals surface area contributed by atoms with Crippen molar-refractivity contribution in [1.29, 1.82) is 5.26 Å². The van der Waals surface area contributed by atoms with E-state index >= 15 is 0 Å². The van der Waals surface area contributed by atoms with Crippen molar-refractivity contribution >= 4 is 10.9 Å². The van der Waals surface area contributed by atoms with Crippen molar-refractivity contribution < 1.29 is 0 Å². The molecule has 3 heteroatoms. The Kier molecular flexibility index (Phi) is 3.90. The molecule has 2 rings (SSSR count). The number of aromatic amines is 1. The normalized spacial score (nSPS) is 9.60. The molecule has 0 saturated carbocycles. The molecule has 0 bridgehead atoms. The summed E-state index contributed by atoms with van der Waals surface area (Å²) in [5.41, 5.74) is 9.38. The third-order valence-electron chi connectivity index (χ3n) is 2.42. The van der Waals surface area contributed by atoms with E-state index in [4.69, 9.17) is 11.0 Å². The molecule has 1 aromatic carbocycles. The molecule has 0 unspecified atom stereocenters. The lowest BCUT2D eigenvalue weighted by molar-refractivity contribution is 0.963. The molecule has 0 radical (unpaired) electrons. The highest BCUT2D eigenvalue weighted by molar-refractivity contribution is 5.84. The van der Waals surface area contributed by atoms with Crippen LogP contribution in [0.2, 0.25) is 0 Å². The first-order chi connectivity index (χ1) is 7.33. The molecule has 2 aromatic rings. The van der Waals surface area contributed by atoms with Crippen LogP contribution in [0.1, 0.15) is 11.3 Å². The Balaban J connectivity index is 0.000000531. The molecule has 0 amide bonds. The van der Waals surface area contributed by atoms with Gasteiger partial charge in [0.25, 0.3) is 0 Å². The number of hydrogen-bond acceptors (Lipinski definition) is 2. The number of aryl methyl sites for hydroxylation is 1. The fourth-order valence-corrected chi connectivity index (χ4v) is 1.80. The molecular formula is C12H15N3. The summed E-state index contributed by atoms with van der Waals surface area (Å²) >= 11 is 0. The van der Waals surface area contributed by atoms with Gasteiger partial charge in [0.1, 0.15) is 0 Å². The summed E-state index contributed by atoms with van der Waals surface area (Å²) in [6.45, 7) is 6.31. The second kappa shape index (κ2) is 5.18. The summed E-state index contributed by atoms with van der Waals surface area (Å²) < 4.78 is 0. The smallest absolute Gasteiger partial charge is 0.0462 e. The fourth-order valence-electron chi connectivity index (χ4n) is 1.80. The number of nitriles is 1. The van der Waals surface area contributed by atoms with E-state index in [2.05, 4.69) is 36.7 Å². The molecule has 78 valence electrons. The maximum Gasteiger partial charge on any atom is 0.0462 e. The second-order valence-corrected chi connectivity index (χ2v) is 3.31. The van der Waals surface area contributed by atoms with Crippen molar-refractivity contribution in [3.05, 3.63) is 35.5 Å². The van der Waals surface area contributed by atoms with Crippen molar-refractivity contribution in [2.24, 2.45) is 5.73 Å². The maximum absolute atomic E-state index is 6.50. The van der Waals surface area contributed by atoms with Crippen molar-refractivity contribution in [2.75, 3.05) is 6.54 Å². The molecule has 0 aliphatic heterocycles. The zero-order chi connectivity index (χ0) is 11.3. The standard InChI is InChI=1S/C11H14N2.CHN/c1-8-9(6-7-12)10-4-2-3-5-11(10)13-8;1-2/h2-5,13H,6-7,12H2,1H3;1H. The first-order valence-electron chi connectivity index (χ1n) is 4.85. The molecule has 3 nitrogen and oxygen atoms in total. The summed E-state index contributed by atoms with van der Waals surface area (Å²) in [4.78, 5) is 3.36. The summed E-state index contributed by atoms with van der Waals surface area (Å²) in [7, 11) is 0. The minimum atomic E-state index is 0.711. The number of benzene rings is 1. The van der Waals surface area contributed by atoms with Gasteiger partial charge in [-0.25, -0.2) is 5.26 Å². The van der Waals surface area contributed by atoms with Crippen LogP contribution in [-0.2, 0) is 6.42 Å². The van der Waals surface area contributed by atoms with Gasteiger partial charge in [0, 0.05) is 23.2 Å². The van der Waals surface area contributed by atoms with E-state index in [-0.39, 0.29) is 0 Å². The van der Waals surface area contributed by atoms with Gasteiger partial charge in [-0.2, -0.15) is 0 Å². The van der Waals surface area contributed by atoms with Gasteiger partial charge >= 0.3 is 0 Å². The Morgan fingerprint density at radius 3 is 2.67 bits per heavy atom. The molecule has 0 aliphatic carbocycles. The van der Waals surface area contributed by atoms with E-state index < -0.39 is 0 Å². The molecule has 1 aromatic heterocycles. The molecule has 3 N–H and O–H groups in total. The SMILES string of the molecule is C#N.Cc1[nH]c2ccccc2c1CCN. The lowest BCUT2D eigenvalue weighted by atomic mass is 10.1. The van der Waals surface area contributed by atoms with Crippen LogP contribution < -0.4 is 5.73 Å². The number of hydrogen-bond donors (Lipinski definition) is 2. The molecule has 0 fully saturated rings. The van der Waals surface area contributed by atoms with E-state index in [1.54, 1.807) is 0 Å². The average molecular weight is 201 g/mol. The highest BCUT2D eigenvalue weighted by Crippen LogP contribution is 2.21. The average Bonchev–Trinajstić information content (AvgIpc) is 2.59. The quantitative estimate of drug-likeness (QED) is 0.781. The van der Waals surface area contributed by atoms with Gasteiger partial charge in [-0.15, -0.1) is 0 Å². The fraction of sp³-hybridized carbons (Fsp3) is 0.250. The molecule has 0 atom stereocenters. The third-order valence-corrected chi connectivity index (χ3v) is 2.42. The van der Waals surface area contributed by atoms with Gasteiger partial charge in [0.2, 0.25) is 0 Å². The number of nitrogens with one attached hydrogen (secondary N) is 1. The van der Waals surface area contributed by atoms with E-state index in [0.29, 0.717) is 6.54 Å². The van der Waals surface area contributed by atoms with Crippen LogP contribution in [0.3, 0.4) is 0 Å². The van der Waals surface area contributed by atoms with Gasteiger partial charge in [-0.3, -0.25) is 0 Å². The van der Waals surface area contributed by atoms with Gasteiger partial charge in [0.05, 0.1) is 0 Å². The Hall–Kier alpha value is -1.79. The molecule has 0 aliphatic rings. The minimum absolute atomic E-state index is 0.711. The van der Waals surface area contributed by atoms with Crippen LogP contribution >= 0.6 is 0 Å². The van der Waals surface area contributed by atoms with Crippen LogP contribution in [0.5, 0.6) is 0 Å². The number of H-pyrrole nitrogens is 1.